The van der Waals surface area contributed by atoms with Crippen molar-refractivity contribution < 1.29 is 4.79 Å². The third kappa shape index (κ3) is 3.78. The van der Waals surface area contributed by atoms with Gasteiger partial charge in [0.05, 0.1) is 16.4 Å². The van der Waals surface area contributed by atoms with Gasteiger partial charge in [-0.25, -0.2) is 0 Å². The van der Waals surface area contributed by atoms with Crippen LogP contribution in [0.15, 0.2) is 6.07 Å². The third-order valence-electron chi connectivity index (χ3n) is 2.50. The third-order valence-corrected chi connectivity index (χ3v) is 3.77. The molecule has 0 unspecified atom stereocenters. The van der Waals surface area contributed by atoms with Gasteiger partial charge in [-0.2, -0.15) is 0 Å². The average molecular weight is 270 g/mol. The topological polar surface area (TPSA) is 46.3 Å². The summed E-state index contributed by atoms with van der Waals surface area (Å²) in [6.45, 7) is 7.11. The molecule has 0 spiro atoms. The van der Waals surface area contributed by atoms with Crippen LogP contribution in [0.3, 0.4) is 0 Å². The zero-order valence-corrected chi connectivity index (χ0v) is 12.1. The maximum absolute atomic E-state index is 12.3. The fourth-order valence-electron chi connectivity index (χ4n) is 1.54. The van der Waals surface area contributed by atoms with Crippen molar-refractivity contribution in [1.82, 2.24) is 4.90 Å². The molecule has 0 aliphatic heterocycles. The first-order valence-corrected chi connectivity index (χ1v) is 6.82. The fraction of sp³-hybridized carbons (Fsp3) is 0.500. The van der Waals surface area contributed by atoms with Gasteiger partial charge in [0.25, 0.3) is 5.91 Å². The molecular formula is C12H18N2OS2. The largest absolute Gasteiger partial charge is 0.392 e. The molecule has 17 heavy (non-hydrogen) atoms. The Labute approximate surface area is 112 Å². The number of thiocarbonyl (C=S) groups is 1. The molecule has 0 saturated heterocycles. The van der Waals surface area contributed by atoms with Crippen LogP contribution in [0.25, 0.3) is 0 Å². The fourth-order valence-corrected chi connectivity index (χ4v) is 2.70. The smallest absolute Gasteiger partial charge is 0.264 e. The molecule has 1 aromatic rings. The predicted molar refractivity (Wildman–Crippen MR) is 76.8 cm³/mol. The van der Waals surface area contributed by atoms with E-state index in [1.807, 2.05) is 26.8 Å². The van der Waals surface area contributed by atoms with Crippen molar-refractivity contribution in [3.63, 3.8) is 0 Å². The van der Waals surface area contributed by atoms with Crippen molar-refractivity contribution in [3.05, 3.63) is 21.4 Å². The minimum absolute atomic E-state index is 0.0286. The second-order valence-corrected chi connectivity index (χ2v) is 5.82. The highest BCUT2D eigenvalue weighted by Gasteiger charge is 2.18. The Morgan fingerprint density at radius 1 is 1.53 bits per heavy atom. The molecule has 1 aromatic heterocycles. The number of hydrogen-bond acceptors (Lipinski definition) is 3. The first kappa shape index (κ1) is 14.1. The normalized spacial score (nSPS) is 10.3. The van der Waals surface area contributed by atoms with Gasteiger partial charge in [-0.05, 0) is 31.9 Å². The molecule has 1 amide bonds. The van der Waals surface area contributed by atoms with Crippen LogP contribution in [-0.2, 0) is 0 Å². The summed E-state index contributed by atoms with van der Waals surface area (Å²) in [6.07, 6.45) is 0.900. The van der Waals surface area contributed by atoms with Gasteiger partial charge >= 0.3 is 0 Å². The van der Waals surface area contributed by atoms with Crippen LogP contribution in [-0.4, -0.2) is 28.9 Å². The van der Waals surface area contributed by atoms with E-state index in [0.29, 0.717) is 18.1 Å². The Morgan fingerprint density at radius 2 is 2.18 bits per heavy atom. The van der Waals surface area contributed by atoms with E-state index < -0.39 is 0 Å². The lowest BCUT2D eigenvalue weighted by Crippen LogP contribution is -2.37. The Balaban J connectivity index is 2.87. The second-order valence-electron chi connectivity index (χ2n) is 4.04. The number of carbonyl (C=O) groups excluding carboxylic acids is 1. The van der Waals surface area contributed by atoms with Crippen LogP contribution < -0.4 is 5.73 Å². The highest BCUT2D eigenvalue weighted by Crippen LogP contribution is 2.22. The van der Waals surface area contributed by atoms with E-state index in [0.717, 1.165) is 16.9 Å². The number of hydrogen-bond donors (Lipinski definition) is 1. The first-order valence-electron chi connectivity index (χ1n) is 5.60. The first-order chi connectivity index (χ1) is 7.95. The molecule has 1 rings (SSSR count). The lowest BCUT2D eigenvalue weighted by Gasteiger charge is -2.20. The van der Waals surface area contributed by atoms with E-state index in [4.69, 9.17) is 18.0 Å². The molecule has 2 N–H and O–H groups in total. The number of amides is 1. The molecule has 0 saturated carbocycles. The number of nitrogens with zero attached hydrogens (tertiary/aromatic N) is 1. The molecule has 0 bridgehead atoms. The summed E-state index contributed by atoms with van der Waals surface area (Å²) in [5.74, 6) is 0.0286. The van der Waals surface area contributed by atoms with Gasteiger partial charge < -0.3 is 10.6 Å². The number of nitrogens with two attached hydrogens (primary N) is 1. The zero-order chi connectivity index (χ0) is 13.0. The Hall–Kier alpha value is -0.940. The lowest BCUT2D eigenvalue weighted by atomic mass is 10.2. The minimum atomic E-state index is 0.0286. The van der Waals surface area contributed by atoms with Crippen molar-refractivity contribution in [2.45, 2.75) is 27.2 Å². The summed E-state index contributed by atoms with van der Waals surface area (Å²) in [7, 11) is 0. The van der Waals surface area contributed by atoms with Gasteiger partial charge in [0, 0.05) is 11.4 Å². The summed E-state index contributed by atoms with van der Waals surface area (Å²) in [5, 5.41) is 0. The maximum Gasteiger partial charge on any atom is 0.264 e. The minimum Gasteiger partial charge on any atom is -0.392 e. The molecule has 0 aliphatic rings. The standard InChI is InChI=1S/C12H18N2OS2/c1-4-5-14(7-11(13)16)12(15)10-6-8(2)9(3)17-10/h6H,4-5,7H2,1-3H3,(H2,13,16). The average Bonchev–Trinajstić information content (AvgIpc) is 2.57. The number of carbonyl (C=O) groups is 1. The maximum atomic E-state index is 12.3. The van der Waals surface area contributed by atoms with Crippen molar-refractivity contribution in [2.75, 3.05) is 13.1 Å². The molecule has 1 heterocycles. The summed E-state index contributed by atoms with van der Waals surface area (Å²) >= 11 is 6.40. The van der Waals surface area contributed by atoms with E-state index in [-0.39, 0.29) is 5.91 Å². The van der Waals surface area contributed by atoms with E-state index in [1.54, 1.807) is 4.90 Å². The van der Waals surface area contributed by atoms with Gasteiger partial charge in [0.15, 0.2) is 0 Å². The quantitative estimate of drug-likeness (QED) is 0.836. The highest BCUT2D eigenvalue weighted by molar-refractivity contribution is 7.80. The van der Waals surface area contributed by atoms with Crippen molar-refractivity contribution in [1.29, 1.82) is 0 Å². The molecule has 0 aliphatic carbocycles. The number of rotatable bonds is 5. The van der Waals surface area contributed by atoms with Crippen LogP contribution in [0.2, 0.25) is 0 Å². The second kappa shape index (κ2) is 6.12. The predicted octanol–water partition coefficient (Wildman–Crippen LogP) is 2.50. The van der Waals surface area contributed by atoms with Crippen LogP contribution in [0.1, 0.15) is 33.5 Å². The number of thiophene rings is 1. The Morgan fingerprint density at radius 3 is 2.59 bits per heavy atom. The molecule has 0 radical (unpaired) electrons. The van der Waals surface area contributed by atoms with Crippen LogP contribution >= 0.6 is 23.6 Å². The lowest BCUT2D eigenvalue weighted by molar-refractivity contribution is 0.0784. The summed E-state index contributed by atoms with van der Waals surface area (Å²) in [6, 6.07) is 1.94. The van der Waals surface area contributed by atoms with E-state index in [9.17, 15) is 4.79 Å². The van der Waals surface area contributed by atoms with E-state index >= 15 is 0 Å². The van der Waals surface area contributed by atoms with E-state index in [1.165, 1.54) is 16.2 Å². The van der Waals surface area contributed by atoms with Gasteiger partial charge in [-0.1, -0.05) is 19.1 Å². The van der Waals surface area contributed by atoms with Gasteiger partial charge in [0.1, 0.15) is 0 Å². The monoisotopic (exact) mass is 270 g/mol. The number of aryl methyl sites for hydroxylation is 2. The van der Waals surface area contributed by atoms with Gasteiger partial charge in [-0.15, -0.1) is 11.3 Å². The Kier molecular flexibility index (Phi) is 5.08. The molecule has 0 atom stereocenters. The SMILES string of the molecule is CCCN(CC(N)=S)C(=O)c1cc(C)c(C)s1. The molecular weight excluding hydrogens is 252 g/mol. The summed E-state index contributed by atoms with van der Waals surface area (Å²) in [4.78, 5) is 16.3. The van der Waals surface area contributed by atoms with Gasteiger partial charge in [0.2, 0.25) is 0 Å². The zero-order valence-electron chi connectivity index (χ0n) is 10.4. The summed E-state index contributed by atoms with van der Waals surface area (Å²) in [5.41, 5.74) is 6.67. The van der Waals surface area contributed by atoms with Crippen molar-refractivity contribution in [2.24, 2.45) is 5.73 Å². The van der Waals surface area contributed by atoms with Crippen LogP contribution in [0, 0.1) is 13.8 Å². The highest BCUT2D eigenvalue weighted by atomic mass is 32.1. The summed E-state index contributed by atoms with van der Waals surface area (Å²) < 4.78 is 0. The molecule has 0 fully saturated rings. The van der Waals surface area contributed by atoms with Crippen LogP contribution in [0.5, 0.6) is 0 Å². The molecule has 0 aromatic carbocycles. The molecule has 94 valence electrons. The molecule has 5 heteroatoms. The van der Waals surface area contributed by atoms with Crippen molar-refractivity contribution >= 4 is 34.5 Å². The van der Waals surface area contributed by atoms with Crippen LogP contribution in [0.4, 0.5) is 0 Å². The van der Waals surface area contributed by atoms with Gasteiger partial charge in [-0.3, -0.25) is 4.79 Å². The Bertz CT molecular complexity index is 407. The van der Waals surface area contributed by atoms with E-state index in [2.05, 4.69) is 0 Å². The molecule has 3 nitrogen and oxygen atoms in total. The van der Waals surface area contributed by atoms with Crippen molar-refractivity contribution in [3.8, 4) is 0 Å².